The molecule has 0 amide bonds. The van der Waals surface area contributed by atoms with Crippen molar-refractivity contribution in [3.05, 3.63) is 60.4 Å². The molecular weight excluding hydrogens is 292 g/mol. The summed E-state index contributed by atoms with van der Waals surface area (Å²) in [5.74, 6) is -1.54. The predicted octanol–water partition coefficient (Wildman–Crippen LogP) is 3.32. The van der Waals surface area contributed by atoms with Gasteiger partial charge in [0, 0.05) is 11.3 Å². The van der Waals surface area contributed by atoms with Crippen molar-refractivity contribution in [3.8, 4) is 5.69 Å². The van der Waals surface area contributed by atoms with Crippen molar-refractivity contribution in [1.82, 2.24) is 9.55 Å². The van der Waals surface area contributed by atoms with Crippen LogP contribution in [0.1, 0.15) is 24.2 Å². The molecule has 0 saturated heterocycles. The Morgan fingerprint density at radius 2 is 1.70 bits per heavy atom. The number of ketones is 1. The molecule has 1 N–H and O–H groups in total. The lowest BCUT2D eigenvalue weighted by atomic mass is 9.84. The average Bonchev–Trinajstić information content (AvgIpc) is 2.98. The number of fused-ring (bicyclic) bond motifs is 1. The molecule has 0 spiro atoms. The summed E-state index contributed by atoms with van der Waals surface area (Å²) in [6.45, 7) is 2.82. The van der Waals surface area contributed by atoms with Crippen LogP contribution in [0.25, 0.3) is 16.7 Å². The van der Waals surface area contributed by atoms with E-state index in [1.165, 1.54) is 13.8 Å². The van der Waals surface area contributed by atoms with Crippen LogP contribution in [0.3, 0.4) is 0 Å². The van der Waals surface area contributed by atoms with Crippen molar-refractivity contribution >= 4 is 22.8 Å². The summed E-state index contributed by atoms with van der Waals surface area (Å²) in [4.78, 5) is 27.9. The van der Waals surface area contributed by atoms with E-state index in [4.69, 9.17) is 5.11 Å². The molecule has 0 bridgehead atoms. The van der Waals surface area contributed by atoms with Crippen LogP contribution >= 0.6 is 0 Å². The van der Waals surface area contributed by atoms with Gasteiger partial charge in [-0.05, 0) is 50.2 Å². The highest BCUT2D eigenvalue weighted by Crippen LogP contribution is 2.24. The first-order valence-electron chi connectivity index (χ1n) is 7.22. The number of carboxylic acid groups (broad SMARTS) is 1. The zero-order valence-electron chi connectivity index (χ0n) is 12.9. The molecule has 0 aliphatic carbocycles. The van der Waals surface area contributed by atoms with Gasteiger partial charge in [-0.1, -0.05) is 12.1 Å². The fourth-order valence-corrected chi connectivity index (χ4v) is 2.40. The molecule has 1 aromatic heterocycles. The predicted molar refractivity (Wildman–Crippen MR) is 86.8 cm³/mol. The number of carbonyl (C=O) groups excluding carboxylic acids is 1. The van der Waals surface area contributed by atoms with Gasteiger partial charge in [0.05, 0.1) is 11.0 Å². The van der Waals surface area contributed by atoms with Crippen molar-refractivity contribution in [2.75, 3.05) is 0 Å². The number of aliphatic carboxylic acids is 1. The van der Waals surface area contributed by atoms with Crippen molar-refractivity contribution in [3.63, 3.8) is 0 Å². The van der Waals surface area contributed by atoms with Gasteiger partial charge in [-0.3, -0.25) is 14.2 Å². The zero-order valence-corrected chi connectivity index (χ0v) is 12.9. The van der Waals surface area contributed by atoms with Gasteiger partial charge in [0.2, 0.25) is 0 Å². The highest BCUT2D eigenvalue weighted by atomic mass is 16.4. The number of Topliss-reactive ketones (excluding diaryl/α,β-unsaturated/α-hetero) is 1. The highest BCUT2D eigenvalue weighted by molar-refractivity contribution is 6.11. The van der Waals surface area contributed by atoms with Crippen molar-refractivity contribution < 1.29 is 14.7 Å². The number of benzene rings is 2. The Morgan fingerprint density at radius 1 is 1.04 bits per heavy atom. The topological polar surface area (TPSA) is 72.2 Å². The molecule has 0 radical (unpaired) electrons. The molecular formula is C18H16N2O3. The van der Waals surface area contributed by atoms with Crippen LogP contribution in [0, 0.1) is 5.41 Å². The molecule has 0 fully saturated rings. The van der Waals surface area contributed by atoms with Crippen LogP contribution in [0.5, 0.6) is 0 Å². The van der Waals surface area contributed by atoms with E-state index >= 15 is 0 Å². The summed E-state index contributed by atoms with van der Waals surface area (Å²) in [6.07, 6.45) is 1.72. The van der Waals surface area contributed by atoms with Gasteiger partial charge in [-0.25, -0.2) is 4.98 Å². The van der Waals surface area contributed by atoms with Crippen LogP contribution in [-0.4, -0.2) is 26.4 Å². The number of rotatable bonds is 4. The number of nitrogens with zero attached hydrogens (tertiary/aromatic N) is 2. The van der Waals surface area contributed by atoms with E-state index in [1.54, 1.807) is 30.6 Å². The van der Waals surface area contributed by atoms with Gasteiger partial charge < -0.3 is 5.11 Å². The lowest BCUT2D eigenvalue weighted by molar-refractivity contribution is -0.144. The molecule has 3 rings (SSSR count). The fraction of sp³-hybridized carbons (Fsp3) is 0.167. The second kappa shape index (κ2) is 5.35. The number of aromatic nitrogens is 2. The number of carbonyl (C=O) groups is 2. The number of carboxylic acids is 1. The third kappa shape index (κ3) is 2.50. The molecule has 5 heteroatoms. The van der Waals surface area contributed by atoms with Gasteiger partial charge in [-0.2, -0.15) is 0 Å². The van der Waals surface area contributed by atoms with Gasteiger partial charge in [-0.15, -0.1) is 0 Å². The molecule has 116 valence electrons. The smallest absolute Gasteiger partial charge is 0.316 e. The normalized spacial score (nSPS) is 11.6. The Balaban J connectivity index is 1.97. The average molecular weight is 308 g/mol. The Morgan fingerprint density at radius 3 is 2.35 bits per heavy atom. The second-order valence-electron chi connectivity index (χ2n) is 5.91. The SMILES string of the molecule is CC(C)(C(=O)O)C(=O)c1ccc(-n2cnc3ccccc32)cc1. The van der Waals surface area contributed by atoms with E-state index in [1.807, 2.05) is 28.8 Å². The number of para-hydroxylation sites is 2. The van der Waals surface area contributed by atoms with E-state index in [0.717, 1.165) is 16.7 Å². The number of hydrogen-bond donors (Lipinski definition) is 1. The summed E-state index contributed by atoms with van der Waals surface area (Å²) in [6, 6.07) is 14.6. The third-order valence-electron chi connectivity index (χ3n) is 3.96. The largest absolute Gasteiger partial charge is 0.481 e. The monoisotopic (exact) mass is 308 g/mol. The highest BCUT2D eigenvalue weighted by Gasteiger charge is 2.36. The third-order valence-corrected chi connectivity index (χ3v) is 3.96. The van der Waals surface area contributed by atoms with Crippen LogP contribution in [-0.2, 0) is 4.79 Å². The number of hydrogen-bond acceptors (Lipinski definition) is 3. The minimum atomic E-state index is -1.44. The molecule has 3 aromatic rings. The molecule has 0 atom stereocenters. The summed E-state index contributed by atoms with van der Waals surface area (Å²) < 4.78 is 1.92. The summed E-state index contributed by atoms with van der Waals surface area (Å²) in [5, 5.41) is 9.16. The minimum absolute atomic E-state index is 0.380. The molecule has 1 heterocycles. The van der Waals surface area contributed by atoms with Gasteiger partial charge >= 0.3 is 5.97 Å². The maximum atomic E-state index is 12.3. The quantitative estimate of drug-likeness (QED) is 0.593. The molecule has 0 saturated carbocycles. The van der Waals surface area contributed by atoms with Gasteiger partial charge in [0.15, 0.2) is 5.78 Å². The summed E-state index contributed by atoms with van der Waals surface area (Å²) in [5.41, 5.74) is 1.66. The molecule has 0 aliphatic rings. The van der Waals surface area contributed by atoms with Crippen LogP contribution in [0.4, 0.5) is 0 Å². The first kappa shape index (κ1) is 15.0. The lowest BCUT2D eigenvalue weighted by Crippen LogP contribution is -2.33. The van der Waals surface area contributed by atoms with E-state index in [-0.39, 0.29) is 0 Å². The van der Waals surface area contributed by atoms with Crippen LogP contribution in [0.2, 0.25) is 0 Å². The van der Waals surface area contributed by atoms with E-state index < -0.39 is 17.2 Å². The zero-order chi connectivity index (χ0) is 16.6. The van der Waals surface area contributed by atoms with Crippen molar-refractivity contribution in [1.29, 1.82) is 0 Å². The second-order valence-corrected chi connectivity index (χ2v) is 5.91. The van der Waals surface area contributed by atoms with Crippen molar-refractivity contribution in [2.24, 2.45) is 5.41 Å². The minimum Gasteiger partial charge on any atom is -0.481 e. The summed E-state index contributed by atoms with van der Waals surface area (Å²) in [7, 11) is 0. The molecule has 0 unspecified atom stereocenters. The van der Waals surface area contributed by atoms with Gasteiger partial charge in [0.1, 0.15) is 11.7 Å². The van der Waals surface area contributed by atoms with Crippen molar-refractivity contribution in [2.45, 2.75) is 13.8 Å². The standard InChI is InChI=1S/C18H16N2O3/c1-18(2,17(22)23)16(21)12-7-9-13(10-8-12)20-11-19-14-5-3-4-6-15(14)20/h3-11H,1-2H3,(H,22,23). The Hall–Kier alpha value is -2.95. The number of imidazole rings is 1. The van der Waals surface area contributed by atoms with E-state index in [2.05, 4.69) is 4.98 Å². The van der Waals surface area contributed by atoms with Crippen LogP contribution < -0.4 is 0 Å². The first-order chi connectivity index (χ1) is 10.9. The maximum Gasteiger partial charge on any atom is 0.316 e. The van der Waals surface area contributed by atoms with E-state index in [0.29, 0.717) is 5.56 Å². The van der Waals surface area contributed by atoms with Crippen LogP contribution in [0.15, 0.2) is 54.9 Å². The maximum absolute atomic E-state index is 12.3. The first-order valence-corrected chi connectivity index (χ1v) is 7.22. The van der Waals surface area contributed by atoms with E-state index in [9.17, 15) is 9.59 Å². The summed E-state index contributed by atoms with van der Waals surface area (Å²) >= 11 is 0. The Kier molecular flexibility index (Phi) is 3.48. The van der Waals surface area contributed by atoms with Gasteiger partial charge in [0.25, 0.3) is 0 Å². The molecule has 23 heavy (non-hydrogen) atoms. The fourth-order valence-electron chi connectivity index (χ4n) is 2.40. The lowest BCUT2D eigenvalue weighted by Gasteiger charge is -2.17. The molecule has 2 aromatic carbocycles. The Labute approximate surface area is 133 Å². The Bertz CT molecular complexity index is 892. The molecule has 5 nitrogen and oxygen atoms in total. The molecule has 0 aliphatic heterocycles.